The Balaban J connectivity index is 1.46. The lowest BCUT2D eigenvalue weighted by Gasteiger charge is -2.34. The molecule has 0 saturated carbocycles. The molecule has 2 atom stereocenters. The van der Waals surface area contributed by atoms with Gasteiger partial charge in [-0.1, -0.05) is 6.07 Å². The van der Waals surface area contributed by atoms with Crippen molar-refractivity contribution < 1.29 is 56.3 Å². The number of rotatable bonds is 12. The maximum Gasteiger partial charge on any atom is 0.416 e. The lowest BCUT2D eigenvalue weighted by molar-refractivity contribution is -0.137. The van der Waals surface area contributed by atoms with E-state index in [2.05, 4.69) is 10.3 Å². The number of carbonyl (C=O) groups is 2. The van der Waals surface area contributed by atoms with Crippen LogP contribution in [0.5, 0.6) is 5.75 Å². The molecule has 246 valence electrons. The van der Waals surface area contributed by atoms with Crippen molar-refractivity contribution in [2.75, 3.05) is 32.1 Å². The molecule has 0 aromatic heterocycles. The second-order valence-electron chi connectivity index (χ2n) is 11.1. The first-order valence-corrected chi connectivity index (χ1v) is 15.7. The van der Waals surface area contributed by atoms with E-state index in [1.807, 2.05) is 0 Å². The Morgan fingerprint density at radius 1 is 1.13 bits per heavy atom. The standard InChI is InChI=1S/C29H34F3N3O9S/c1-17-12-19(26(39)40)3-2-18(17)5-11-45(42,43)35-8-6-28(7-9-35)27(41)33-25(34-28)20-13-21(29(30,31)32)15-22(14-20)44-10-4-23(37)24(38)16-36/h2-3,12-15,23-24,36-38H,4-11,16H2,1H3,(H,39,40)(H,33,34,41)/t23-,24+/m0/s1. The minimum atomic E-state index is -4.77. The van der Waals surface area contributed by atoms with Gasteiger partial charge in [0.25, 0.3) is 5.91 Å². The number of amides is 1. The summed E-state index contributed by atoms with van der Waals surface area (Å²) in [7, 11) is -3.76. The van der Waals surface area contributed by atoms with Crippen molar-refractivity contribution in [3.63, 3.8) is 0 Å². The zero-order chi connectivity index (χ0) is 33.2. The summed E-state index contributed by atoms with van der Waals surface area (Å²) in [5, 5.41) is 39.8. The van der Waals surface area contributed by atoms with Crippen LogP contribution in [0.3, 0.4) is 0 Å². The summed E-state index contributed by atoms with van der Waals surface area (Å²) >= 11 is 0. The summed E-state index contributed by atoms with van der Waals surface area (Å²) < 4.78 is 73.9. The smallest absolute Gasteiger partial charge is 0.416 e. The maximum absolute atomic E-state index is 13.7. The fraction of sp³-hybridized carbons (Fsp3) is 0.483. The zero-order valence-electron chi connectivity index (χ0n) is 24.2. The molecule has 16 heteroatoms. The number of nitrogens with one attached hydrogen (secondary N) is 1. The number of hydrogen-bond donors (Lipinski definition) is 5. The van der Waals surface area contributed by atoms with Gasteiger partial charge in [0.2, 0.25) is 10.0 Å². The number of nitrogens with zero attached hydrogens (tertiary/aromatic N) is 2. The molecule has 0 bridgehead atoms. The highest BCUT2D eigenvalue weighted by Gasteiger charge is 2.47. The molecule has 1 fully saturated rings. The number of aliphatic hydroxyl groups is 3. The van der Waals surface area contributed by atoms with Gasteiger partial charge >= 0.3 is 12.1 Å². The quantitative estimate of drug-likeness (QED) is 0.226. The Bertz CT molecular complexity index is 1570. The van der Waals surface area contributed by atoms with Gasteiger partial charge in [0.05, 0.1) is 36.2 Å². The molecule has 2 aliphatic rings. The average molecular weight is 658 g/mol. The molecule has 1 amide bonds. The Morgan fingerprint density at radius 2 is 1.82 bits per heavy atom. The van der Waals surface area contributed by atoms with Gasteiger partial charge in [-0.15, -0.1) is 0 Å². The Hall–Kier alpha value is -3.57. The van der Waals surface area contributed by atoms with Crippen LogP contribution in [0.2, 0.25) is 0 Å². The summed E-state index contributed by atoms with van der Waals surface area (Å²) in [6.45, 7) is 0.635. The Labute approximate surface area is 257 Å². The molecule has 2 heterocycles. The van der Waals surface area contributed by atoms with E-state index in [9.17, 15) is 41.4 Å². The molecule has 45 heavy (non-hydrogen) atoms. The lowest BCUT2D eigenvalue weighted by atomic mass is 9.89. The van der Waals surface area contributed by atoms with E-state index in [1.54, 1.807) is 13.0 Å². The zero-order valence-corrected chi connectivity index (χ0v) is 25.1. The van der Waals surface area contributed by atoms with E-state index < -0.39 is 58.0 Å². The average Bonchev–Trinajstić information content (AvgIpc) is 3.30. The fourth-order valence-corrected chi connectivity index (χ4v) is 6.67. The van der Waals surface area contributed by atoms with Crippen molar-refractivity contribution >= 4 is 27.7 Å². The van der Waals surface area contributed by atoms with Crippen molar-refractivity contribution in [1.29, 1.82) is 0 Å². The van der Waals surface area contributed by atoms with Crippen LogP contribution in [0.4, 0.5) is 13.2 Å². The summed E-state index contributed by atoms with van der Waals surface area (Å²) in [5.74, 6) is -2.24. The van der Waals surface area contributed by atoms with Crippen molar-refractivity contribution in [2.45, 2.75) is 56.5 Å². The van der Waals surface area contributed by atoms with Gasteiger partial charge in [-0.25, -0.2) is 17.5 Å². The van der Waals surface area contributed by atoms with Crippen LogP contribution in [0.25, 0.3) is 0 Å². The van der Waals surface area contributed by atoms with Gasteiger partial charge in [0, 0.05) is 25.1 Å². The number of sulfonamides is 1. The molecule has 0 aliphatic carbocycles. The SMILES string of the molecule is Cc1cc(C(=O)O)ccc1CCS(=O)(=O)N1CCC2(CC1)N=C(c1cc(OCC[C@H](O)[C@H](O)CO)cc(C(F)(F)F)c1)NC2=O. The third-order valence-corrected chi connectivity index (χ3v) is 9.84. The molecule has 4 rings (SSSR count). The number of alkyl halides is 3. The van der Waals surface area contributed by atoms with Crippen LogP contribution in [-0.2, 0) is 27.4 Å². The number of carboxylic acids is 1. The van der Waals surface area contributed by atoms with Crippen LogP contribution in [0.15, 0.2) is 41.4 Å². The van der Waals surface area contributed by atoms with E-state index in [4.69, 9.17) is 14.9 Å². The van der Waals surface area contributed by atoms with Gasteiger partial charge < -0.3 is 30.5 Å². The molecular formula is C29H34F3N3O9S. The number of benzene rings is 2. The van der Waals surface area contributed by atoms with Gasteiger partial charge in [-0.2, -0.15) is 13.2 Å². The van der Waals surface area contributed by atoms with E-state index >= 15 is 0 Å². The number of aliphatic hydroxyl groups excluding tert-OH is 3. The van der Waals surface area contributed by atoms with Crippen molar-refractivity contribution in [2.24, 2.45) is 4.99 Å². The number of hydrogen-bond acceptors (Lipinski definition) is 9. The number of piperidine rings is 1. The van der Waals surface area contributed by atoms with Crippen molar-refractivity contribution in [3.8, 4) is 5.75 Å². The number of aryl methyl sites for hydroxylation is 2. The molecule has 0 radical (unpaired) electrons. The number of aliphatic imine (C=N–C) groups is 1. The van der Waals surface area contributed by atoms with Gasteiger partial charge in [0.15, 0.2) is 0 Å². The first-order chi connectivity index (χ1) is 21.0. The van der Waals surface area contributed by atoms with Crippen molar-refractivity contribution in [1.82, 2.24) is 9.62 Å². The molecule has 2 aromatic rings. The molecule has 0 unspecified atom stereocenters. The van der Waals surface area contributed by atoms with E-state index in [-0.39, 0.29) is 73.8 Å². The number of aromatic carboxylic acids is 1. The largest absolute Gasteiger partial charge is 0.493 e. The monoisotopic (exact) mass is 657 g/mol. The summed E-state index contributed by atoms with van der Waals surface area (Å²) in [6, 6.07) is 7.25. The van der Waals surface area contributed by atoms with Crippen LogP contribution in [-0.4, -0.2) is 101 Å². The molecule has 12 nitrogen and oxygen atoms in total. The highest BCUT2D eigenvalue weighted by Crippen LogP contribution is 2.36. The van der Waals surface area contributed by atoms with Crippen LogP contribution < -0.4 is 10.1 Å². The van der Waals surface area contributed by atoms with Gasteiger partial charge in [-0.05, 0) is 67.6 Å². The predicted octanol–water partition coefficient (Wildman–Crippen LogP) is 1.48. The van der Waals surface area contributed by atoms with Crippen molar-refractivity contribution in [3.05, 3.63) is 64.2 Å². The highest BCUT2D eigenvalue weighted by atomic mass is 32.2. The summed E-state index contributed by atoms with van der Waals surface area (Å²) in [5.41, 5.74) is -1.10. The Kier molecular flexibility index (Phi) is 10.2. The summed E-state index contributed by atoms with van der Waals surface area (Å²) in [4.78, 5) is 28.7. The Morgan fingerprint density at radius 3 is 2.42 bits per heavy atom. The third-order valence-electron chi connectivity index (χ3n) is 7.96. The topological polar surface area (TPSA) is 186 Å². The maximum atomic E-state index is 13.7. The third kappa shape index (κ3) is 7.99. The summed E-state index contributed by atoms with van der Waals surface area (Å²) in [6.07, 6.45) is -7.58. The van der Waals surface area contributed by atoms with E-state index in [1.165, 1.54) is 22.5 Å². The molecule has 2 aliphatic heterocycles. The normalized spacial score (nSPS) is 18.4. The fourth-order valence-electron chi connectivity index (χ4n) is 5.20. The number of carboxylic acid groups (broad SMARTS) is 1. The number of ether oxygens (including phenoxy) is 1. The van der Waals surface area contributed by atoms with E-state index in [0.29, 0.717) is 11.1 Å². The number of amidine groups is 1. The van der Waals surface area contributed by atoms with Crippen LogP contribution in [0, 0.1) is 6.92 Å². The molecule has 1 spiro atoms. The van der Waals surface area contributed by atoms with Crippen LogP contribution >= 0.6 is 0 Å². The van der Waals surface area contributed by atoms with Gasteiger partial charge in [0.1, 0.15) is 23.2 Å². The molecule has 2 aromatic carbocycles. The van der Waals surface area contributed by atoms with Crippen LogP contribution in [0.1, 0.15) is 51.9 Å². The molecule has 1 saturated heterocycles. The lowest BCUT2D eigenvalue weighted by Crippen LogP contribution is -2.50. The van der Waals surface area contributed by atoms with E-state index in [0.717, 1.165) is 12.1 Å². The first-order valence-electron chi connectivity index (χ1n) is 14.1. The molecule has 5 N–H and O–H groups in total. The highest BCUT2D eigenvalue weighted by molar-refractivity contribution is 7.89. The number of carbonyl (C=O) groups excluding carboxylic acids is 1. The number of halogens is 3. The minimum Gasteiger partial charge on any atom is -0.493 e. The predicted molar refractivity (Wildman–Crippen MR) is 155 cm³/mol. The van der Waals surface area contributed by atoms with Gasteiger partial charge in [-0.3, -0.25) is 9.79 Å². The molecular weight excluding hydrogens is 623 g/mol. The first kappa shape index (κ1) is 34.3. The minimum absolute atomic E-state index is 0.00128. The second kappa shape index (κ2) is 13.4. The second-order valence-corrected chi connectivity index (χ2v) is 13.1.